The van der Waals surface area contributed by atoms with Gasteiger partial charge >= 0.3 is 0 Å². The third-order valence-electron chi connectivity index (χ3n) is 3.26. The van der Waals surface area contributed by atoms with Gasteiger partial charge in [0.1, 0.15) is 0 Å². The van der Waals surface area contributed by atoms with Crippen LogP contribution in [-0.4, -0.2) is 4.98 Å². The molecule has 2 aromatic rings. The van der Waals surface area contributed by atoms with E-state index in [0.717, 1.165) is 17.6 Å². The molecule has 0 bridgehead atoms. The van der Waals surface area contributed by atoms with E-state index in [9.17, 15) is 0 Å². The molecule has 3 rings (SSSR count). The molecular formula is C16H15N. The molecule has 0 N–H and O–H groups in total. The van der Waals surface area contributed by atoms with Gasteiger partial charge in [-0.15, -0.1) is 0 Å². The normalized spacial score (nSPS) is 18.8. The number of aromatic nitrogens is 1. The van der Waals surface area contributed by atoms with Gasteiger partial charge in [-0.3, -0.25) is 4.98 Å². The Morgan fingerprint density at radius 1 is 1.18 bits per heavy atom. The van der Waals surface area contributed by atoms with Gasteiger partial charge in [-0.05, 0) is 31.0 Å². The lowest BCUT2D eigenvalue weighted by Crippen LogP contribution is -1.99. The van der Waals surface area contributed by atoms with Crippen LogP contribution in [0.3, 0.4) is 0 Å². The van der Waals surface area contributed by atoms with E-state index in [4.69, 9.17) is 0 Å². The predicted molar refractivity (Wildman–Crippen MR) is 72.1 cm³/mol. The van der Waals surface area contributed by atoms with Crippen molar-refractivity contribution in [3.63, 3.8) is 0 Å². The van der Waals surface area contributed by atoms with Crippen LogP contribution in [0.25, 0.3) is 10.9 Å². The average Bonchev–Trinajstić information content (AvgIpc) is 2.39. The monoisotopic (exact) mass is 221 g/mol. The van der Waals surface area contributed by atoms with E-state index >= 15 is 0 Å². The van der Waals surface area contributed by atoms with Crippen LogP contribution in [0.1, 0.15) is 23.6 Å². The fraction of sp³-hybridized carbons (Fsp3) is 0.188. The van der Waals surface area contributed by atoms with Crippen LogP contribution >= 0.6 is 0 Å². The van der Waals surface area contributed by atoms with Gasteiger partial charge in [0, 0.05) is 17.0 Å². The van der Waals surface area contributed by atoms with Crippen molar-refractivity contribution in [2.45, 2.75) is 19.3 Å². The Hall–Kier alpha value is -1.89. The number of allylic oxidation sites excluding steroid dienone is 4. The minimum atomic E-state index is 0.492. The second-order valence-electron chi connectivity index (χ2n) is 4.53. The number of pyridine rings is 1. The van der Waals surface area contributed by atoms with Crippen molar-refractivity contribution in [3.05, 3.63) is 65.9 Å². The van der Waals surface area contributed by atoms with Crippen molar-refractivity contribution >= 4 is 10.9 Å². The zero-order valence-electron chi connectivity index (χ0n) is 9.93. The van der Waals surface area contributed by atoms with Crippen molar-refractivity contribution in [1.29, 1.82) is 0 Å². The molecule has 84 valence electrons. The molecular weight excluding hydrogens is 206 g/mol. The second-order valence-corrected chi connectivity index (χ2v) is 4.53. The van der Waals surface area contributed by atoms with Gasteiger partial charge in [0.15, 0.2) is 0 Å². The topological polar surface area (TPSA) is 12.9 Å². The van der Waals surface area contributed by atoms with Gasteiger partial charge in [-0.25, -0.2) is 0 Å². The Morgan fingerprint density at radius 3 is 2.88 bits per heavy atom. The van der Waals surface area contributed by atoms with E-state index < -0.39 is 0 Å². The van der Waals surface area contributed by atoms with Crippen molar-refractivity contribution in [2.24, 2.45) is 0 Å². The van der Waals surface area contributed by atoms with Crippen LogP contribution in [0, 0.1) is 6.92 Å². The predicted octanol–water partition coefficient (Wildman–Crippen LogP) is 4.14. The molecule has 1 aliphatic carbocycles. The summed E-state index contributed by atoms with van der Waals surface area (Å²) in [7, 11) is 0. The van der Waals surface area contributed by atoms with Crippen LogP contribution in [0.5, 0.6) is 0 Å². The maximum atomic E-state index is 4.59. The fourth-order valence-electron chi connectivity index (χ4n) is 2.46. The number of para-hydroxylation sites is 1. The first kappa shape index (κ1) is 10.3. The number of rotatable bonds is 1. The molecule has 0 spiro atoms. The smallest absolute Gasteiger partial charge is 0.0708 e. The van der Waals surface area contributed by atoms with E-state index in [0.29, 0.717) is 5.92 Å². The zero-order chi connectivity index (χ0) is 11.7. The van der Waals surface area contributed by atoms with Gasteiger partial charge in [0.2, 0.25) is 0 Å². The Morgan fingerprint density at radius 2 is 2.06 bits per heavy atom. The lowest BCUT2D eigenvalue weighted by atomic mass is 9.90. The van der Waals surface area contributed by atoms with Crippen LogP contribution in [-0.2, 0) is 0 Å². The summed E-state index contributed by atoms with van der Waals surface area (Å²) in [5.41, 5.74) is 3.60. The standard InChI is InChI=1S/C16H15N/c1-12-11-15(13-7-3-2-4-8-13)14-9-5-6-10-16(14)17-12/h2-7,9-11,13H,8H2,1H3. The molecule has 0 radical (unpaired) electrons. The number of aryl methyl sites for hydroxylation is 1. The second kappa shape index (κ2) is 4.17. The minimum Gasteiger partial charge on any atom is -0.253 e. The SMILES string of the molecule is Cc1cc(C2C=CC=CC2)c2ccccc2n1. The summed E-state index contributed by atoms with van der Waals surface area (Å²) in [6.45, 7) is 2.07. The Labute approximate surface area is 102 Å². The summed E-state index contributed by atoms with van der Waals surface area (Å²) in [5, 5.41) is 1.28. The fourth-order valence-corrected chi connectivity index (χ4v) is 2.46. The molecule has 1 aliphatic rings. The first-order valence-electron chi connectivity index (χ1n) is 6.04. The maximum absolute atomic E-state index is 4.59. The minimum absolute atomic E-state index is 0.492. The molecule has 0 saturated carbocycles. The highest BCUT2D eigenvalue weighted by Crippen LogP contribution is 2.30. The van der Waals surface area contributed by atoms with Crippen LogP contribution < -0.4 is 0 Å². The van der Waals surface area contributed by atoms with Gasteiger partial charge < -0.3 is 0 Å². The van der Waals surface area contributed by atoms with Crippen molar-refractivity contribution in [3.8, 4) is 0 Å². The first-order chi connectivity index (χ1) is 8.34. The number of hydrogen-bond acceptors (Lipinski definition) is 1. The summed E-state index contributed by atoms with van der Waals surface area (Å²) in [5.74, 6) is 0.492. The lowest BCUT2D eigenvalue weighted by Gasteiger charge is -2.16. The van der Waals surface area contributed by atoms with Gasteiger partial charge in [-0.1, -0.05) is 42.5 Å². The van der Waals surface area contributed by atoms with Crippen molar-refractivity contribution in [2.75, 3.05) is 0 Å². The number of hydrogen-bond donors (Lipinski definition) is 0. The van der Waals surface area contributed by atoms with E-state index in [1.807, 2.05) is 0 Å². The highest BCUT2D eigenvalue weighted by atomic mass is 14.7. The maximum Gasteiger partial charge on any atom is 0.0708 e. The van der Waals surface area contributed by atoms with Crippen molar-refractivity contribution < 1.29 is 0 Å². The molecule has 1 aromatic carbocycles. The third kappa shape index (κ3) is 1.89. The Balaban J connectivity index is 2.20. The van der Waals surface area contributed by atoms with E-state index in [1.54, 1.807) is 0 Å². The summed E-state index contributed by atoms with van der Waals surface area (Å²) in [6.07, 6.45) is 9.85. The van der Waals surface area contributed by atoms with Crippen LogP contribution in [0.15, 0.2) is 54.6 Å². The quantitative estimate of drug-likeness (QED) is 0.705. The third-order valence-corrected chi connectivity index (χ3v) is 3.26. The number of fused-ring (bicyclic) bond motifs is 1. The molecule has 1 unspecified atom stereocenters. The highest BCUT2D eigenvalue weighted by Gasteiger charge is 2.12. The lowest BCUT2D eigenvalue weighted by molar-refractivity contribution is 0.858. The van der Waals surface area contributed by atoms with Crippen LogP contribution in [0.4, 0.5) is 0 Å². The van der Waals surface area contributed by atoms with Gasteiger partial charge in [-0.2, -0.15) is 0 Å². The molecule has 1 heteroatoms. The van der Waals surface area contributed by atoms with E-state index in [2.05, 4.69) is 66.5 Å². The number of benzene rings is 1. The summed E-state index contributed by atoms with van der Waals surface area (Å²) < 4.78 is 0. The summed E-state index contributed by atoms with van der Waals surface area (Å²) in [6, 6.07) is 10.6. The van der Waals surface area contributed by atoms with E-state index in [-0.39, 0.29) is 0 Å². The summed E-state index contributed by atoms with van der Waals surface area (Å²) >= 11 is 0. The average molecular weight is 221 g/mol. The number of nitrogens with zero attached hydrogens (tertiary/aromatic N) is 1. The first-order valence-corrected chi connectivity index (χ1v) is 6.04. The molecule has 0 fully saturated rings. The van der Waals surface area contributed by atoms with Gasteiger partial charge in [0.25, 0.3) is 0 Å². The highest BCUT2D eigenvalue weighted by molar-refractivity contribution is 5.83. The molecule has 1 atom stereocenters. The summed E-state index contributed by atoms with van der Waals surface area (Å²) in [4.78, 5) is 4.59. The van der Waals surface area contributed by atoms with Crippen LogP contribution in [0.2, 0.25) is 0 Å². The molecule has 1 nitrogen and oxygen atoms in total. The molecule has 0 aliphatic heterocycles. The molecule has 0 saturated heterocycles. The molecule has 0 amide bonds. The van der Waals surface area contributed by atoms with Crippen molar-refractivity contribution in [1.82, 2.24) is 4.98 Å². The Kier molecular flexibility index (Phi) is 2.52. The zero-order valence-corrected chi connectivity index (χ0v) is 9.93. The Bertz CT molecular complexity index is 608. The molecule has 1 aromatic heterocycles. The van der Waals surface area contributed by atoms with Gasteiger partial charge in [0.05, 0.1) is 5.52 Å². The largest absolute Gasteiger partial charge is 0.253 e. The van der Waals surface area contributed by atoms with E-state index in [1.165, 1.54) is 10.9 Å². The molecule has 1 heterocycles. The molecule has 17 heavy (non-hydrogen) atoms.